The van der Waals surface area contributed by atoms with Gasteiger partial charge in [-0.05, 0) is 86.5 Å². The molecule has 0 amide bonds. The Labute approximate surface area is 202 Å². The molecule has 1 aromatic carbocycles. The average molecular weight is 448 g/mol. The van der Waals surface area contributed by atoms with E-state index in [2.05, 4.69) is 54.8 Å². The summed E-state index contributed by atoms with van der Waals surface area (Å²) in [4.78, 5) is 14.7. The maximum Gasteiger partial charge on any atom is 0.0556 e. The molecule has 0 heterocycles. The van der Waals surface area contributed by atoms with E-state index in [4.69, 9.17) is 9.98 Å². The second kappa shape index (κ2) is 12.6. The molecule has 1 aromatic rings. The number of rotatable bonds is 7. The van der Waals surface area contributed by atoms with Gasteiger partial charge in [0.15, 0.2) is 0 Å². The van der Waals surface area contributed by atoms with Crippen molar-refractivity contribution in [3.05, 3.63) is 35.9 Å². The van der Waals surface area contributed by atoms with Crippen LogP contribution >= 0.6 is 0 Å². The third-order valence-electron chi connectivity index (χ3n) is 8.69. The molecule has 3 saturated carbocycles. The molecular weight excluding hydrogens is 402 g/mol. The van der Waals surface area contributed by atoms with Gasteiger partial charge in [-0.2, -0.15) is 0 Å². The predicted molar refractivity (Wildman–Crippen MR) is 143 cm³/mol. The van der Waals surface area contributed by atoms with E-state index in [-0.39, 0.29) is 0 Å². The third kappa shape index (κ3) is 6.64. The van der Waals surface area contributed by atoms with Crippen LogP contribution in [0.4, 0.5) is 0 Å². The van der Waals surface area contributed by atoms with E-state index in [1.807, 2.05) is 7.05 Å². The minimum atomic E-state index is 0.436. The third-order valence-corrected chi connectivity index (χ3v) is 8.69. The van der Waals surface area contributed by atoms with Crippen molar-refractivity contribution >= 4 is 18.1 Å². The summed E-state index contributed by atoms with van der Waals surface area (Å²) in [5, 5.41) is 0. The zero-order valence-electron chi connectivity index (χ0n) is 21.0. The fourth-order valence-corrected chi connectivity index (χ4v) is 7.17. The molecular formula is C30H45N3. The Bertz CT molecular complexity index is 790. The molecule has 0 aliphatic heterocycles. The van der Waals surface area contributed by atoms with E-state index in [0.717, 1.165) is 5.92 Å². The lowest BCUT2D eigenvalue weighted by molar-refractivity contribution is 0.181. The number of hydrogen-bond acceptors (Lipinski definition) is 3. The average Bonchev–Trinajstić information content (AvgIpc) is 2.87. The first-order chi connectivity index (χ1) is 16.3. The fourth-order valence-electron chi connectivity index (χ4n) is 7.17. The first kappa shape index (κ1) is 24.4. The van der Waals surface area contributed by atoms with Gasteiger partial charge in [-0.15, -0.1) is 0 Å². The van der Waals surface area contributed by atoms with Gasteiger partial charge in [0.2, 0.25) is 0 Å². The van der Waals surface area contributed by atoms with Gasteiger partial charge in [-0.25, -0.2) is 0 Å². The van der Waals surface area contributed by atoms with Crippen molar-refractivity contribution in [3.63, 3.8) is 0 Å². The lowest BCUT2D eigenvalue weighted by Gasteiger charge is -2.40. The monoisotopic (exact) mass is 447 g/mol. The van der Waals surface area contributed by atoms with Crippen molar-refractivity contribution in [2.75, 3.05) is 14.1 Å². The highest BCUT2D eigenvalue weighted by molar-refractivity contribution is 5.89. The van der Waals surface area contributed by atoms with Gasteiger partial charge in [0.1, 0.15) is 0 Å². The van der Waals surface area contributed by atoms with Crippen molar-refractivity contribution in [3.8, 4) is 0 Å². The van der Waals surface area contributed by atoms with Gasteiger partial charge in [0.25, 0.3) is 0 Å². The minimum absolute atomic E-state index is 0.436. The van der Waals surface area contributed by atoms with Crippen molar-refractivity contribution in [1.29, 1.82) is 0 Å². The Hall–Kier alpha value is -1.77. The highest BCUT2D eigenvalue weighted by Gasteiger charge is 2.37. The van der Waals surface area contributed by atoms with E-state index in [0.29, 0.717) is 29.7 Å². The van der Waals surface area contributed by atoms with Crippen molar-refractivity contribution in [1.82, 2.24) is 0 Å². The van der Waals surface area contributed by atoms with Crippen LogP contribution in [0.15, 0.2) is 45.3 Å². The van der Waals surface area contributed by atoms with Crippen molar-refractivity contribution in [2.45, 2.75) is 89.5 Å². The van der Waals surface area contributed by atoms with Crippen LogP contribution in [0.5, 0.6) is 0 Å². The molecule has 5 atom stereocenters. The highest BCUT2D eigenvalue weighted by Crippen LogP contribution is 2.42. The van der Waals surface area contributed by atoms with E-state index >= 15 is 0 Å². The van der Waals surface area contributed by atoms with Crippen LogP contribution in [-0.4, -0.2) is 38.3 Å². The molecule has 0 bridgehead atoms. The Morgan fingerprint density at radius 3 is 2.21 bits per heavy atom. The van der Waals surface area contributed by atoms with E-state index in [1.165, 1.54) is 89.0 Å². The summed E-state index contributed by atoms with van der Waals surface area (Å²) in [6.07, 6.45) is 21.8. The Morgan fingerprint density at radius 1 is 0.788 bits per heavy atom. The molecule has 4 rings (SSSR count). The molecule has 0 spiro atoms. The SMILES string of the molecule is C/N=C/C1CCCC(C(/N=C/c2ccccc2)C2CCCC(/C(=N/C)C3CCCCC3)C2)C1. The van der Waals surface area contributed by atoms with Gasteiger partial charge in [0, 0.05) is 32.2 Å². The maximum atomic E-state index is 5.36. The van der Waals surface area contributed by atoms with Crippen LogP contribution in [0.3, 0.4) is 0 Å². The van der Waals surface area contributed by atoms with E-state index in [9.17, 15) is 0 Å². The molecule has 0 N–H and O–H groups in total. The zero-order valence-corrected chi connectivity index (χ0v) is 21.0. The van der Waals surface area contributed by atoms with E-state index in [1.54, 1.807) is 5.71 Å². The van der Waals surface area contributed by atoms with Crippen LogP contribution in [0, 0.1) is 29.6 Å². The van der Waals surface area contributed by atoms with Crippen LogP contribution < -0.4 is 0 Å². The topological polar surface area (TPSA) is 37.1 Å². The standard InChI is InChI=1S/C30H45N3/c1-31-21-24-13-9-16-26(19-24)30(33-22-23-11-5-3-6-12-23)28-18-10-17-27(20-28)29(32-2)25-14-7-4-8-15-25/h3,5-6,11-12,21-22,24-28,30H,4,7-10,13-20H2,1-2H3/b31-21+,32-29+,33-22+. The summed E-state index contributed by atoms with van der Waals surface area (Å²) in [6, 6.07) is 11.1. The summed E-state index contributed by atoms with van der Waals surface area (Å²) in [6.45, 7) is 0. The van der Waals surface area contributed by atoms with Crippen LogP contribution in [0.25, 0.3) is 0 Å². The lowest BCUT2D eigenvalue weighted by Crippen LogP contribution is -2.37. The molecule has 3 aliphatic rings. The van der Waals surface area contributed by atoms with Gasteiger partial charge < -0.3 is 4.99 Å². The Kier molecular flexibility index (Phi) is 9.32. The second-order valence-corrected chi connectivity index (χ2v) is 10.9. The molecule has 5 unspecified atom stereocenters. The smallest absolute Gasteiger partial charge is 0.0556 e. The van der Waals surface area contributed by atoms with Crippen LogP contribution in [-0.2, 0) is 0 Å². The Morgan fingerprint density at radius 2 is 1.48 bits per heavy atom. The zero-order chi connectivity index (χ0) is 22.9. The number of aliphatic imine (C=N–C) groups is 3. The molecule has 33 heavy (non-hydrogen) atoms. The van der Waals surface area contributed by atoms with Crippen LogP contribution in [0.2, 0.25) is 0 Å². The van der Waals surface area contributed by atoms with Gasteiger partial charge in [0.05, 0.1) is 6.04 Å². The summed E-state index contributed by atoms with van der Waals surface area (Å²) < 4.78 is 0. The molecule has 3 nitrogen and oxygen atoms in total. The molecule has 3 heteroatoms. The number of nitrogens with zero attached hydrogens (tertiary/aromatic N) is 3. The summed E-state index contributed by atoms with van der Waals surface area (Å²) in [7, 11) is 3.99. The van der Waals surface area contributed by atoms with Gasteiger partial charge in [-0.3, -0.25) is 9.98 Å². The fraction of sp³-hybridized carbons (Fsp3) is 0.700. The first-order valence-corrected chi connectivity index (χ1v) is 13.8. The largest absolute Gasteiger partial charge is 0.301 e. The number of hydrogen-bond donors (Lipinski definition) is 0. The van der Waals surface area contributed by atoms with Gasteiger partial charge >= 0.3 is 0 Å². The molecule has 0 aromatic heterocycles. The van der Waals surface area contributed by atoms with Crippen LogP contribution in [0.1, 0.15) is 89.0 Å². The summed E-state index contributed by atoms with van der Waals surface area (Å²) in [5.41, 5.74) is 2.79. The van der Waals surface area contributed by atoms with Crippen molar-refractivity contribution in [2.24, 2.45) is 44.6 Å². The molecule has 3 fully saturated rings. The second-order valence-electron chi connectivity index (χ2n) is 10.9. The summed E-state index contributed by atoms with van der Waals surface area (Å²) >= 11 is 0. The quantitative estimate of drug-likeness (QED) is 0.390. The summed E-state index contributed by atoms with van der Waals surface area (Å²) in [5.74, 6) is 3.44. The predicted octanol–water partition coefficient (Wildman–Crippen LogP) is 7.44. The Balaban J connectivity index is 1.52. The normalized spacial score (nSPS) is 31.3. The first-order valence-electron chi connectivity index (χ1n) is 13.8. The molecule has 0 radical (unpaired) electrons. The highest BCUT2D eigenvalue weighted by atomic mass is 14.8. The molecule has 180 valence electrons. The molecule has 0 saturated heterocycles. The minimum Gasteiger partial charge on any atom is -0.301 e. The maximum absolute atomic E-state index is 5.36. The lowest BCUT2D eigenvalue weighted by atomic mass is 9.67. The van der Waals surface area contributed by atoms with E-state index < -0.39 is 0 Å². The van der Waals surface area contributed by atoms with Gasteiger partial charge in [-0.1, -0.05) is 62.4 Å². The number of benzene rings is 1. The molecule has 3 aliphatic carbocycles. The van der Waals surface area contributed by atoms with Crippen molar-refractivity contribution < 1.29 is 0 Å².